The molecule has 2 heterocycles. The Hall–Kier alpha value is -1.75. The van der Waals surface area contributed by atoms with Crippen molar-refractivity contribution in [1.82, 2.24) is 4.90 Å². The average Bonchev–Trinajstić information content (AvgIpc) is 3.06. The number of aryl methyl sites for hydroxylation is 1. The van der Waals surface area contributed by atoms with Crippen LogP contribution in [0.5, 0.6) is 0 Å². The SMILES string of the molecule is Cc1cccc(C(C)C)c1NC(=O)CC1=CSC2=NCCN12. The van der Waals surface area contributed by atoms with Crippen LogP contribution in [0.2, 0.25) is 0 Å². The Morgan fingerprint density at radius 1 is 1.45 bits per heavy atom. The smallest absolute Gasteiger partial charge is 0.230 e. The van der Waals surface area contributed by atoms with E-state index >= 15 is 0 Å². The Morgan fingerprint density at radius 2 is 2.27 bits per heavy atom. The largest absolute Gasteiger partial charge is 0.325 e. The average molecular weight is 315 g/mol. The molecule has 3 rings (SSSR count). The number of nitrogens with one attached hydrogen (secondary N) is 1. The van der Waals surface area contributed by atoms with Crippen LogP contribution in [0.3, 0.4) is 0 Å². The summed E-state index contributed by atoms with van der Waals surface area (Å²) in [6, 6.07) is 6.17. The molecule has 4 nitrogen and oxygen atoms in total. The second-order valence-electron chi connectivity index (χ2n) is 5.96. The Kier molecular flexibility index (Phi) is 4.25. The van der Waals surface area contributed by atoms with Gasteiger partial charge in [-0.25, -0.2) is 0 Å². The van der Waals surface area contributed by atoms with Crippen LogP contribution in [0, 0.1) is 6.92 Å². The van der Waals surface area contributed by atoms with Gasteiger partial charge in [-0.05, 0) is 29.4 Å². The minimum atomic E-state index is 0.0381. The highest BCUT2D eigenvalue weighted by Gasteiger charge is 2.27. The fraction of sp³-hybridized carbons (Fsp3) is 0.412. The monoisotopic (exact) mass is 315 g/mol. The molecule has 0 aliphatic carbocycles. The van der Waals surface area contributed by atoms with Gasteiger partial charge in [0.15, 0.2) is 5.17 Å². The maximum absolute atomic E-state index is 12.5. The van der Waals surface area contributed by atoms with Crippen LogP contribution in [0.25, 0.3) is 0 Å². The van der Waals surface area contributed by atoms with Crippen LogP contribution in [-0.2, 0) is 4.79 Å². The molecule has 0 saturated heterocycles. The molecule has 2 aliphatic heterocycles. The van der Waals surface area contributed by atoms with Gasteiger partial charge in [0.25, 0.3) is 0 Å². The zero-order valence-corrected chi connectivity index (χ0v) is 14.0. The number of rotatable bonds is 4. The van der Waals surface area contributed by atoms with Crippen molar-refractivity contribution in [2.75, 3.05) is 18.4 Å². The van der Waals surface area contributed by atoms with E-state index in [0.29, 0.717) is 12.3 Å². The van der Waals surface area contributed by atoms with Crippen LogP contribution < -0.4 is 5.32 Å². The van der Waals surface area contributed by atoms with Crippen LogP contribution in [0.15, 0.2) is 34.3 Å². The molecule has 2 aliphatic rings. The number of carbonyl (C=O) groups excluding carboxylic acids is 1. The highest BCUT2D eigenvalue weighted by molar-refractivity contribution is 8.16. The zero-order chi connectivity index (χ0) is 15.7. The number of fused-ring (bicyclic) bond motifs is 1. The van der Waals surface area contributed by atoms with Crippen LogP contribution in [0.1, 0.15) is 37.3 Å². The highest BCUT2D eigenvalue weighted by atomic mass is 32.2. The van der Waals surface area contributed by atoms with Crippen LogP contribution >= 0.6 is 11.8 Å². The Labute approximate surface area is 135 Å². The number of hydrogen-bond acceptors (Lipinski definition) is 4. The topological polar surface area (TPSA) is 44.7 Å². The van der Waals surface area contributed by atoms with Crippen molar-refractivity contribution in [3.05, 3.63) is 40.4 Å². The molecule has 1 aromatic carbocycles. The number of nitrogens with zero attached hydrogens (tertiary/aromatic N) is 2. The lowest BCUT2D eigenvalue weighted by atomic mass is 9.98. The van der Waals surface area contributed by atoms with Gasteiger partial charge in [0.2, 0.25) is 5.91 Å². The van der Waals surface area contributed by atoms with E-state index in [1.54, 1.807) is 11.8 Å². The molecule has 0 aromatic heterocycles. The van der Waals surface area contributed by atoms with E-state index in [4.69, 9.17) is 0 Å². The van der Waals surface area contributed by atoms with Gasteiger partial charge < -0.3 is 10.2 Å². The minimum Gasteiger partial charge on any atom is -0.325 e. The van der Waals surface area contributed by atoms with E-state index in [1.807, 2.05) is 24.5 Å². The molecular formula is C17H21N3OS. The van der Waals surface area contributed by atoms with E-state index in [9.17, 15) is 4.79 Å². The fourth-order valence-electron chi connectivity index (χ4n) is 2.81. The first-order valence-corrected chi connectivity index (χ1v) is 8.51. The lowest BCUT2D eigenvalue weighted by Crippen LogP contribution is -2.24. The summed E-state index contributed by atoms with van der Waals surface area (Å²) in [6.45, 7) is 8.05. The van der Waals surface area contributed by atoms with Gasteiger partial charge >= 0.3 is 0 Å². The second kappa shape index (κ2) is 6.16. The van der Waals surface area contributed by atoms with Crippen molar-refractivity contribution in [3.8, 4) is 0 Å². The first-order chi connectivity index (χ1) is 10.6. The van der Waals surface area contributed by atoms with Crippen molar-refractivity contribution in [2.24, 2.45) is 4.99 Å². The van der Waals surface area contributed by atoms with E-state index in [-0.39, 0.29) is 5.91 Å². The summed E-state index contributed by atoms with van der Waals surface area (Å²) in [4.78, 5) is 19.0. The van der Waals surface area contributed by atoms with Gasteiger partial charge in [-0.15, -0.1) is 0 Å². The summed E-state index contributed by atoms with van der Waals surface area (Å²) in [5, 5.41) is 6.18. The highest BCUT2D eigenvalue weighted by Crippen LogP contribution is 2.32. The van der Waals surface area contributed by atoms with Crippen LogP contribution in [0.4, 0.5) is 5.69 Å². The molecular weight excluding hydrogens is 294 g/mol. The summed E-state index contributed by atoms with van der Waals surface area (Å²) in [6.07, 6.45) is 0.401. The van der Waals surface area contributed by atoms with E-state index in [2.05, 4.69) is 35.1 Å². The van der Waals surface area contributed by atoms with Gasteiger partial charge in [-0.2, -0.15) is 0 Å². The summed E-state index contributed by atoms with van der Waals surface area (Å²) < 4.78 is 0. The molecule has 1 N–H and O–H groups in total. The number of aliphatic imine (C=N–C) groups is 1. The number of amides is 1. The third kappa shape index (κ3) is 2.90. The second-order valence-corrected chi connectivity index (χ2v) is 6.80. The number of para-hydroxylation sites is 1. The predicted molar refractivity (Wildman–Crippen MR) is 93.2 cm³/mol. The van der Waals surface area contributed by atoms with Crippen molar-refractivity contribution in [3.63, 3.8) is 0 Å². The van der Waals surface area contributed by atoms with Gasteiger partial charge in [0.05, 0.1) is 13.0 Å². The quantitative estimate of drug-likeness (QED) is 0.921. The third-order valence-electron chi connectivity index (χ3n) is 3.98. The van der Waals surface area contributed by atoms with Crippen molar-refractivity contribution < 1.29 is 4.79 Å². The van der Waals surface area contributed by atoms with E-state index in [1.165, 1.54) is 5.56 Å². The van der Waals surface area contributed by atoms with E-state index < -0.39 is 0 Å². The first kappa shape index (κ1) is 15.2. The Morgan fingerprint density at radius 3 is 3.05 bits per heavy atom. The standard InChI is InChI=1S/C17H21N3OS/c1-11(2)14-6-4-5-12(3)16(14)19-15(21)9-13-10-22-17-18-7-8-20(13)17/h4-6,10-11H,7-9H2,1-3H3,(H,19,21). The molecule has 116 valence electrons. The molecule has 22 heavy (non-hydrogen) atoms. The lowest BCUT2D eigenvalue weighted by molar-refractivity contribution is -0.115. The van der Waals surface area contributed by atoms with Gasteiger partial charge in [-0.1, -0.05) is 43.8 Å². The van der Waals surface area contributed by atoms with E-state index in [0.717, 1.165) is 35.2 Å². The number of hydrogen-bond donors (Lipinski definition) is 1. The number of benzene rings is 1. The molecule has 0 bridgehead atoms. The lowest BCUT2D eigenvalue weighted by Gasteiger charge is -2.19. The first-order valence-electron chi connectivity index (χ1n) is 7.63. The maximum atomic E-state index is 12.5. The molecule has 0 atom stereocenters. The van der Waals surface area contributed by atoms with Gasteiger partial charge in [0.1, 0.15) is 0 Å². The van der Waals surface area contributed by atoms with Crippen molar-refractivity contribution in [2.45, 2.75) is 33.1 Å². The van der Waals surface area contributed by atoms with Crippen LogP contribution in [-0.4, -0.2) is 29.1 Å². The fourth-order valence-corrected chi connectivity index (χ4v) is 3.76. The summed E-state index contributed by atoms with van der Waals surface area (Å²) in [7, 11) is 0. The van der Waals surface area contributed by atoms with Gasteiger partial charge in [0, 0.05) is 17.9 Å². The van der Waals surface area contributed by atoms with Crippen molar-refractivity contribution in [1.29, 1.82) is 0 Å². The molecule has 0 radical (unpaired) electrons. The number of carbonyl (C=O) groups is 1. The zero-order valence-electron chi connectivity index (χ0n) is 13.2. The minimum absolute atomic E-state index is 0.0381. The summed E-state index contributed by atoms with van der Waals surface area (Å²) in [5.41, 5.74) is 4.31. The molecule has 0 fully saturated rings. The third-order valence-corrected chi connectivity index (χ3v) is 4.93. The molecule has 0 unspecified atom stereocenters. The summed E-state index contributed by atoms with van der Waals surface area (Å²) >= 11 is 1.61. The molecule has 5 heteroatoms. The number of anilines is 1. The Bertz CT molecular complexity index is 664. The molecule has 1 aromatic rings. The molecule has 1 amide bonds. The summed E-state index contributed by atoms with van der Waals surface area (Å²) in [5.74, 6) is 0.421. The number of thioether (sulfide) groups is 1. The molecule has 0 saturated carbocycles. The normalized spacial score (nSPS) is 16.6. The van der Waals surface area contributed by atoms with Crippen molar-refractivity contribution >= 4 is 28.5 Å². The van der Waals surface area contributed by atoms with Gasteiger partial charge in [-0.3, -0.25) is 9.79 Å². The number of amidine groups is 1. The predicted octanol–water partition coefficient (Wildman–Crippen LogP) is 3.71. The Balaban J connectivity index is 1.72. The maximum Gasteiger partial charge on any atom is 0.230 e. The molecule has 0 spiro atoms.